The summed E-state index contributed by atoms with van der Waals surface area (Å²) in [6.07, 6.45) is 1.10. The monoisotopic (exact) mass is 145 g/mol. The maximum Gasteiger partial charge on any atom is 0.341 e. The minimum absolute atomic E-state index is 0.0154. The third-order valence-corrected chi connectivity index (χ3v) is 1.10. The Hall–Kier alpha value is -0.970. The quantitative estimate of drug-likeness (QED) is 0.570. The van der Waals surface area contributed by atoms with Gasteiger partial charge in [-0.2, -0.15) is 0 Å². The second kappa shape index (κ2) is 2.10. The van der Waals surface area contributed by atoms with E-state index < -0.39 is 5.97 Å². The molecule has 0 spiro atoms. The number of aromatic nitrogens is 1. The average Bonchev–Trinajstić information content (AvgIpc) is 2.13. The molecule has 1 rings (SSSR count). The first-order valence-electron chi connectivity index (χ1n) is 2.08. The molecule has 0 radical (unpaired) electrons. The number of carboxylic acid groups (broad SMARTS) is 1. The zero-order valence-corrected chi connectivity index (χ0v) is 5.13. The van der Waals surface area contributed by atoms with Crippen molar-refractivity contribution < 1.29 is 14.4 Å². The van der Waals surface area contributed by atoms with E-state index >= 15 is 0 Å². The van der Waals surface area contributed by atoms with Gasteiger partial charge in [0.15, 0.2) is 0 Å². The van der Waals surface area contributed by atoms with Crippen LogP contribution in [0.15, 0.2) is 15.8 Å². The Labute approximate surface area is 55.9 Å². The van der Waals surface area contributed by atoms with Crippen LogP contribution in [0.5, 0.6) is 0 Å². The highest BCUT2D eigenvalue weighted by atomic mass is 32.1. The van der Waals surface area contributed by atoms with Gasteiger partial charge in [-0.15, -0.1) is 12.6 Å². The molecule has 48 valence electrons. The molecule has 0 fully saturated rings. The molecule has 0 saturated heterocycles. The summed E-state index contributed by atoms with van der Waals surface area (Å²) in [5.74, 6) is -1.08. The molecule has 0 atom stereocenters. The molecule has 0 bridgehead atoms. The predicted octanol–water partition coefficient (Wildman–Crippen LogP) is 0.661. The van der Waals surface area contributed by atoms with E-state index in [-0.39, 0.29) is 10.7 Å². The summed E-state index contributed by atoms with van der Waals surface area (Å²) in [4.78, 5) is 10.1. The number of thiol groups is 1. The number of nitrogens with zero attached hydrogens (tertiary/aromatic N) is 1. The zero-order chi connectivity index (χ0) is 6.85. The van der Waals surface area contributed by atoms with E-state index in [0.717, 1.165) is 6.20 Å². The van der Waals surface area contributed by atoms with Crippen molar-refractivity contribution in [1.82, 2.24) is 5.16 Å². The Bertz CT molecular complexity index is 231. The molecule has 9 heavy (non-hydrogen) atoms. The van der Waals surface area contributed by atoms with Crippen LogP contribution in [0.4, 0.5) is 0 Å². The van der Waals surface area contributed by atoms with Gasteiger partial charge in [0.25, 0.3) is 0 Å². The van der Waals surface area contributed by atoms with Gasteiger partial charge in [0.2, 0.25) is 5.09 Å². The number of aromatic carboxylic acids is 1. The lowest BCUT2D eigenvalue weighted by atomic mass is 10.4. The summed E-state index contributed by atoms with van der Waals surface area (Å²) in [5.41, 5.74) is -0.0154. The molecule has 0 unspecified atom stereocenters. The van der Waals surface area contributed by atoms with Crippen molar-refractivity contribution in [2.45, 2.75) is 5.09 Å². The smallest absolute Gasteiger partial charge is 0.341 e. The SMILES string of the molecule is O=C(O)c1cnoc1S. The van der Waals surface area contributed by atoms with Crippen LogP contribution in [-0.4, -0.2) is 16.2 Å². The molecule has 1 aromatic heterocycles. The molecule has 0 aliphatic carbocycles. The van der Waals surface area contributed by atoms with Crippen LogP contribution in [0, 0.1) is 0 Å². The summed E-state index contributed by atoms with van der Waals surface area (Å²) in [6.45, 7) is 0. The fraction of sp³-hybridized carbons (Fsp3) is 0. The van der Waals surface area contributed by atoms with Crippen molar-refractivity contribution >= 4 is 18.6 Å². The van der Waals surface area contributed by atoms with Crippen molar-refractivity contribution in [2.24, 2.45) is 0 Å². The molecule has 0 aliphatic heterocycles. The van der Waals surface area contributed by atoms with E-state index in [0.29, 0.717) is 0 Å². The first-order valence-corrected chi connectivity index (χ1v) is 2.53. The Morgan fingerprint density at radius 2 is 2.56 bits per heavy atom. The molecule has 0 aliphatic rings. The number of carbonyl (C=O) groups is 1. The van der Waals surface area contributed by atoms with Crippen LogP contribution >= 0.6 is 12.6 Å². The Balaban J connectivity index is 3.08. The molecule has 1 heterocycles. The molecule has 1 aromatic rings. The lowest BCUT2D eigenvalue weighted by Gasteiger charge is -1.81. The summed E-state index contributed by atoms with van der Waals surface area (Å²) >= 11 is 3.68. The summed E-state index contributed by atoms with van der Waals surface area (Å²) < 4.78 is 4.36. The van der Waals surface area contributed by atoms with E-state index in [1.807, 2.05) is 0 Å². The van der Waals surface area contributed by atoms with Crippen LogP contribution in [0.25, 0.3) is 0 Å². The Kier molecular flexibility index (Phi) is 1.44. The molecule has 0 saturated carbocycles. The van der Waals surface area contributed by atoms with E-state index in [1.165, 1.54) is 0 Å². The maximum absolute atomic E-state index is 10.1. The van der Waals surface area contributed by atoms with E-state index in [2.05, 4.69) is 22.3 Å². The van der Waals surface area contributed by atoms with Gasteiger partial charge in [0, 0.05) is 0 Å². The third kappa shape index (κ3) is 1.05. The van der Waals surface area contributed by atoms with Crippen LogP contribution < -0.4 is 0 Å². The number of hydrogen-bond acceptors (Lipinski definition) is 4. The van der Waals surface area contributed by atoms with Crippen molar-refractivity contribution in [2.75, 3.05) is 0 Å². The first-order chi connectivity index (χ1) is 4.22. The molecule has 5 heteroatoms. The molecule has 4 nitrogen and oxygen atoms in total. The van der Waals surface area contributed by atoms with Gasteiger partial charge in [-0.25, -0.2) is 4.79 Å². The topological polar surface area (TPSA) is 63.3 Å². The van der Waals surface area contributed by atoms with Crippen LogP contribution in [0.1, 0.15) is 10.4 Å². The van der Waals surface area contributed by atoms with Crippen LogP contribution in [0.2, 0.25) is 0 Å². The van der Waals surface area contributed by atoms with Gasteiger partial charge in [-0.1, -0.05) is 5.16 Å². The summed E-state index contributed by atoms with van der Waals surface area (Å²) in [7, 11) is 0. The second-order valence-electron chi connectivity index (χ2n) is 1.35. The van der Waals surface area contributed by atoms with Crippen LogP contribution in [-0.2, 0) is 0 Å². The third-order valence-electron chi connectivity index (χ3n) is 0.782. The van der Waals surface area contributed by atoms with Gasteiger partial charge < -0.3 is 9.63 Å². The number of carboxylic acids is 1. The first kappa shape index (κ1) is 6.15. The van der Waals surface area contributed by atoms with E-state index in [1.54, 1.807) is 0 Å². The standard InChI is InChI=1S/C4H3NO3S/c6-3(7)2-1-5-8-4(2)9/h1,9H,(H,6,7). The lowest BCUT2D eigenvalue weighted by Crippen LogP contribution is -1.93. The Morgan fingerprint density at radius 3 is 2.78 bits per heavy atom. The van der Waals surface area contributed by atoms with Gasteiger partial charge in [0.05, 0.1) is 6.20 Å². The molecule has 0 amide bonds. The fourth-order valence-corrected chi connectivity index (χ4v) is 0.581. The second-order valence-corrected chi connectivity index (χ2v) is 1.76. The highest BCUT2D eigenvalue weighted by Gasteiger charge is 2.10. The highest BCUT2D eigenvalue weighted by molar-refractivity contribution is 7.80. The average molecular weight is 145 g/mol. The zero-order valence-electron chi connectivity index (χ0n) is 4.24. The summed E-state index contributed by atoms with van der Waals surface area (Å²) in [6, 6.07) is 0. The van der Waals surface area contributed by atoms with Gasteiger partial charge >= 0.3 is 5.97 Å². The highest BCUT2D eigenvalue weighted by Crippen LogP contribution is 2.10. The predicted molar refractivity (Wildman–Crippen MR) is 30.7 cm³/mol. The minimum Gasteiger partial charge on any atom is -0.477 e. The Morgan fingerprint density at radius 1 is 1.89 bits per heavy atom. The van der Waals surface area contributed by atoms with Crippen molar-refractivity contribution in [1.29, 1.82) is 0 Å². The normalized spacial score (nSPS) is 9.44. The molecule has 1 N–H and O–H groups in total. The molecular weight excluding hydrogens is 142 g/mol. The minimum atomic E-state index is -1.08. The molecule has 0 aromatic carbocycles. The van der Waals surface area contributed by atoms with Crippen molar-refractivity contribution in [3.8, 4) is 0 Å². The fourth-order valence-electron chi connectivity index (χ4n) is 0.380. The summed E-state index contributed by atoms with van der Waals surface area (Å²) in [5, 5.41) is 11.5. The van der Waals surface area contributed by atoms with Gasteiger partial charge in [0.1, 0.15) is 5.56 Å². The molecular formula is C4H3NO3S. The van der Waals surface area contributed by atoms with Gasteiger partial charge in [-0.3, -0.25) is 0 Å². The van der Waals surface area contributed by atoms with Crippen molar-refractivity contribution in [3.63, 3.8) is 0 Å². The number of rotatable bonds is 1. The van der Waals surface area contributed by atoms with Gasteiger partial charge in [-0.05, 0) is 0 Å². The number of hydrogen-bond donors (Lipinski definition) is 2. The lowest BCUT2D eigenvalue weighted by molar-refractivity contribution is 0.0690. The maximum atomic E-state index is 10.1. The van der Waals surface area contributed by atoms with Crippen molar-refractivity contribution in [3.05, 3.63) is 11.8 Å². The largest absolute Gasteiger partial charge is 0.477 e. The van der Waals surface area contributed by atoms with Crippen LogP contribution in [0.3, 0.4) is 0 Å². The van der Waals surface area contributed by atoms with E-state index in [4.69, 9.17) is 5.11 Å². The van der Waals surface area contributed by atoms with E-state index in [9.17, 15) is 4.79 Å².